The lowest BCUT2D eigenvalue weighted by Gasteiger charge is -2.14. The molecule has 0 aliphatic heterocycles. The third kappa shape index (κ3) is 6.76. The van der Waals surface area contributed by atoms with E-state index in [0.717, 1.165) is 11.1 Å². The van der Waals surface area contributed by atoms with Gasteiger partial charge in [0.05, 0.1) is 18.9 Å². The molecule has 2 aromatic rings. The van der Waals surface area contributed by atoms with Crippen molar-refractivity contribution in [1.29, 1.82) is 0 Å². The molecule has 0 aromatic heterocycles. The van der Waals surface area contributed by atoms with Gasteiger partial charge in [-0.3, -0.25) is 14.4 Å². The van der Waals surface area contributed by atoms with Crippen LogP contribution < -0.4 is 10.6 Å². The Morgan fingerprint density at radius 2 is 1.38 bits per heavy atom. The van der Waals surface area contributed by atoms with E-state index in [2.05, 4.69) is 10.6 Å². The highest BCUT2D eigenvalue weighted by molar-refractivity contribution is 5.86. The third-order valence-electron chi connectivity index (χ3n) is 3.87. The van der Waals surface area contributed by atoms with Crippen molar-refractivity contribution in [2.24, 2.45) is 5.92 Å². The molecule has 26 heavy (non-hydrogen) atoms. The first kappa shape index (κ1) is 19.2. The van der Waals surface area contributed by atoms with Crippen molar-refractivity contribution >= 4 is 17.8 Å². The molecule has 2 amide bonds. The van der Waals surface area contributed by atoms with E-state index in [1.807, 2.05) is 60.7 Å². The number of carboxylic acid groups (broad SMARTS) is 1. The van der Waals surface area contributed by atoms with E-state index in [0.29, 0.717) is 6.42 Å². The summed E-state index contributed by atoms with van der Waals surface area (Å²) in [4.78, 5) is 35.0. The van der Waals surface area contributed by atoms with Crippen LogP contribution in [0.5, 0.6) is 0 Å². The summed E-state index contributed by atoms with van der Waals surface area (Å²) in [6, 6.07) is 18.5. The zero-order valence-corrected chi connectivity index (χ0v) is 14.4. The van der Waals surface area contributed by atoms with Crippen molar-refractivity contribution in [3.63, 3.8) is 0 Å². The molecule has 0 saturated carbocycles. The lowest BCUT2D eigenvalue weighted by atomic mass is 9.99. The van der Waals surface area contributed by atoms with Crippen LogP contribution in [0, 0.1) is 5.92 Å². The molecular formula is C20H22N2O4. The van der Waals surface area contributed by atoms with Crippen LogP contribution in [0.4, 0.5) is 0 Å². The molecule has 6 nitrogen and oxygen atoms in total. The van der Waals surface area contributed by atoms with E-state index < -0.39 is 17.8 Å². The van der Waals surface area contributed by atoms with Crippen molar-refractivity contribution in [3.8, 4) is 0 Å². The zero-order chi connectivity index (χ0) is 18.8. The number of carbonyl (C=O) groups is 3. The standard InChI is InChI=1S/C20H22N2O4/c23-18(12-16-9-5-2-6-10-16)22-14-19(24)21-13-17(20(25)26)11-15-7-3-1-4-8-15/h1-10,17H,11-14H2,(H,21,24)(H,22,23)(H,25,26). The quantitative estimate of drug-likeness (QED) is 0.634. The topological polar surface area (TPSA) is 95.5 Å². The average molecular weight is 354 g/mol. The highest BCUT2D eigenvalue weighted by Gasteiger charge is 2.19. The molecule has 136 valence electrons. The van der Waals surface area contributed by atoms with Gasteiger partial charge in [0.15, 0.2) is 0 Å². The van der Waals surface area contributed by atoms with Gasteiger partial charge < -0.3 is 15.7 Å². The second-order valence-corrected chi connectivity index (χ2v) is 5.97. The summed E-state index contributed by atoms with van der Waals surface area (Å²) in [7, 11) is 0. The summed E-state index contributed by atoms with van der Waals surface area (Å²) in [5.41, 5.74) is 1.75. The fourth-order valence-corrected chi connectivity index (χ4v) is 2.47. The second-order valence-electron chi connectivity index (χ2n) is 5.97. The fraction of sp³-hybridized carbons (Fsp3) is 0.250. The van der Waals surface area contributed by atoms with Gasteiger partial charge in [-0.25, -0.2) is 0 Å². The largest absolute Gasteiger partial charge is 0.481 e. The highest BCUT2D eigenvalue weighted by Crippen LogP contribution is 2.08. The molecule has 0 spiro atoms. The number of amides is 2. The average Bonchev–Trinajstić information content (AvgIpc) is 2.65. The predicted octanol–water partition coefficient (Wildman–Crippen LogP) is 1.40. The molecule has 3 N–H and O–H groups in total. The minimum atomic E-state index is -0.970. The van der Waals surface area contributed by atoms with Crippen LogP contribution >= 0.6 is 0 Å². The van der Waals surface area contributed by atoms with Gasteiger partial charge >= 0.3 is 5.97 Å². The van der Waals surface area contributed by atoms with E-state index >= 15 is 0 Å². The van der Waals surface area contributed by atoms with Crippen LogP contribution in [0.2, 0.25) is 0 Å². The number of hydrogen-bond donors (Lipinski definition) is 3. The number of carbonyl (C=O) groups excluding carboxylic acids is 2. The van der Waals surface area contributed by atoms with Gasteiger partial charge in [0, 0.05) is 6.54 Å². The maximum atomic E-state index is 11.9. The Kier molecular flexibility index (Phi) is 7.36. The molecule has 0 radical (unpaired) electrons. The molecule has 6 heteroatoms. The number of carboxylic acids is 1. The number of nitrogens with one attached hydrogen (secondary N) is 2. The van der Waals surface area contributed by atoms with E-state index in [4.69, 9.17) is 0 Å². The Balaban J connectivity index is 1.74. The minimum Gasteiger partial charge on any atom is -0.481 e. The normalized spacial score (nSPS) is 11.4. The van der Waals surface area contributed by atoms with Gasteiger partial charge in [-0.1, -0.05) is 60.7 Å². The van der Waals surface area contributed by atoms with E-state index in [1.165, 1.54) is 0 Å². The molecule has 2 aromatic carbocycles. The Hall–Kier alpha value is -3.15. The second kappa shape index (κ2) is 9.98. The summed E-state index contributed by atoms with van der Waals surface area (Å²) in [5, 5.41) is 14.4. The first-order valence-corrected chi connectivity index (χ1v) is 8.38. The Morgan fingerprint density at radius 1 is 0.808 bits per heavy atom. The Morgan fingerprint density at radius 3 is 1.96 bits per heavy atom. The number of hydrogen-bond acceptors (Lipinski definition) is 3. The molecule has 1 atom stereocenters. The lowest BCUT2D eigenvalue weighted by molar-refractivity contribution is -0.141. The maximum absolute atomic E-state index is 11.9. The fourth-order valence-electron chi connectivity index (χ4n) is 2.47. The SMILES string of the molecule is O=C(CNC(=O)Cc1ccccc1)NCC(Cc1ccccc1)C(=O)O. The Labute approximate surface area is 152 Å². The molecule has 0 aliphatic rings. The third-order valence-corrected chi connectivity index (χ3v) is 3.87. The first-order valence-electron chi connectivity index (χ1n) is 8.38. The molecule has 1 unspecified atom stereocenters. The van der Waals surface area contributed by atoms with Crippen LogP contribution in [0.3, 0.4) is 0 Å². The van der Waals surface area contributed by atoms with Crippen molar-refractivity contribution in [3.05, 3.63) is 71.8 Å². The van der Waals surface area contributed by atoms with E-state index in [1.54, 1.807) is 0 Å². The van der Waals surface area contributed by atoms with Crippen LogP contribution in [0.1, 0.15) is 11.1 Å². The predicted molar refractivity (Wildman–Crippen MR) is 97.4 cm³/mol. The summed E-state index contributed by atoms with van der Waals surface area (Å²) in [6.45, 7) is -0.166. The van der Waals surface area contributed by atoms with Crippen LogP contribution in [0.25, 0.3) is 0 Å². The molecule has 0 aliphatic carbocycles. The molecular weight excluding hydrogens is 332 g/mol. The molecule has 0 bridgehead atoms. The monoisotopic (exact) mass is 354 g/mol. The summed E-state index contributed by atoms with van der Waals surface area (Å²) in [6.07, 6.45) is 0.525. The number of rotatable bonds is 9. The number of aliphatic carboxylic acids is 1. The molecule has 0 heterocycles. The summed E-state index contributed by atoms with van der Waals surface area (Å²) in [5.74, 6) is -2.36. The molecule has 0 fully saturated rings. The highest BCUT2D eigenvalue weighted by atomic mass is 16.4. The van der Waals surface area contributed by atoms with Crippen molar-refractivity contribution in [1.82, 2.24) is 10.6 Å². The van der Waals surface area contributed by atoms with Gasteiger partial charge in [-0.15, -0.1) is 0 Å². The summed E-state index contributed by atoms with van der Waals surface area (Å²) < 4.78 is 0. The van der Waals surface area contributed by atoms with E-state index in [-0.39, 0.29) is 25.4 Å². The Bertz CT molecular complexity index is 732. The van der Waals surface area contributed by atoms with Gasteiger partial charge in [-0.2, -0.15) is 0 Å². The van der Waals surface area contributed by atoms with Gasteiger partial charge in [0.1, 0.15) is 0 Å². The lowest BCUT2D eigenvalue weighted by Crippen LogP contribution is -2.41. The van der Waals surface area contributed by atoms with Crippen molar-refractivity contribution < 1.29 is 19.5 Å². The smallest absolute Gasteiger partial charge is 0.308 e. The maximum Gasteiger partial charge on any atom is 0.308 e. The van der Waals surface area contributed by atoms with Crippen LogP contribution in [0.15, 0.2) is 60.7 Å². The van der Waals surface area contributed by atoms with Crippen molar-refractivity contribution in [2.45, 2.75) is 12.8 Å². The van der Waals surface area contributed by atoms with Crippen LogP contribution in [-0.2, 0) is 27.2 Å². The van der Waals surface area contributed by atoms with Gasteiger partial charge in [0.2, 0.25) is 11.8 Å². The summed E-state index contributed by atoms with van der Waals surface area (Å²) >= 11 is 0. The van der Waals surface area contributed by atoms with E-state index in [9.17, 15) is 19.5 Å². The zero-order valence-electron chi connectivity index (χ0n) is 14.4. The minimum absolute atomic E-state index is 0.0115. The number of benzene rings is 2. The van der Waals surface area contributed by atoms with Crippen LogP contribution in [-0.4, -0.2) is 36.0 Å². The van der Waals surface area contributed by atoms with Crippen molar-refractivity contribution in [2.75, 3.05) is 13.1 Å². The molecule has 2 rings (SSSR count). The molecule has 0 saturated heterocycles. The van der Waals surface area contributed by atoms with Gasteiger partial charge in [0.25, 0.3) is 0 Å². The first-order chi connectivity index (χ1) is 12.5. The van der Waals surface area contributed by atoms with Gasteiger partial charge in [-0.05, 0) is 17.5 Å².